The van der Waals surface area contributed by atoms with Crippen molar-refractivity contribution in [3.8, 4) is 11.5 Å². The predicted octanol–water partition coefficient (Wildman–Crippen LogP) is 3.38. The fourth-order valence-corrected chi connectivity index (χ4v) is 3.44. The first kappa shape index (κ1) is 16.9. The van der Waals surface area contributed by atoms with Gasteiger partial charge in [0, 0.05) is 12.6 Å². The maximum atomic E-state index is 10.3. The first-order chi connectivity index (χ1) is 11.7. The lowest BCUT2D eigenvalue weighted by Crippen LogP contribution is -2.30. The Morgan fingerprint density at radius 1 is 1.25 bits per heavy atom. The molecule has 3 rings (SSSR count). The van der Waals surface area contributed by atoms with Gasteiger partial charge in [-0.3, -0.25) is 4.90 Å². The van der Waals surface area contributed by atoms with Crippen molar-refractivity contribution in [3.05, 3.63) is 47.9 Å². The van der Waals surface area contributed by atoms with Crippen molar-refractivity contribution in [2.24, 2.45) is 0 Å². The summed E-state index contributed by atoms with van der Waals surface area (Å²) in [5.74, 6) is 2.14. The summed E-state index contributed by atoms with van der Waals surface area (Å²) >= 11 is 0. The average molecular weight is 331 g/mol. The standard InChI is InChI=1S/C19H25NO4/c1-22-18-8-7-14(11-19(18)23-2)13-20-9-3-5-15(20)12-16(21)17-6-4-10-24-17/h4,6-8,10-11,15-16,21H,3,5,9,12-13H2,1-2H3. The van der Waals surface area contributed by atoms with E-state index in [9.17, 15) is 5.11 Å². The Balaban J connectivity index is 1.65. The fourth-order valence-electron chi connectivity index (χ4n) is 3.44. The summed E-state index contributed by atoms with van der Waals surface area (Å²) in [6, 6.07) is 10.0. The predicted molar refractivity (Wildman–Crippen MR) is 91.3 cm³/mol. The van der Waals surface area contributed by atoms with Gasteiger partial charge in [-0.2, -0.15) is 0 Å². The van der Waals surface area contributed by atoms with Crippen molar-refractivity contribution in [1.82, 2.24) is 4.90 Å². The summed E-state index contributed by atoms with van der Waals surface area (Å²) in [7, 11) is 3.30. The lowest BCUT2D eigenvalue weighted by molar-refractivity contribution is 0.0995. The van der Waals surface area contributed by atoms with Crippen LogP contribution in [-0.4, -0.2) is 36.8 Å². The summed E-state index contributed by atoms with van der Waals surface area (Å²) in [6.45, 7) is 1.89. The number of aliphatic hydroxyl groups is 1. The highest BCUT2D eigenvalue weighted by Gasteiger charge is 2.28. The summed E-state index contributed by atoms with van der Waals surface area (Å²) in [4.78, 5) is 2.42. The Kier molecular flexibility index (Phi) is 5.43. The number of benzene rings is 1. The molecule has 2 unspecified atom stereocenters. The van der Waals surface area contributed by atoms with E-state index >= 15 is 0 Å². The number of rotatable bonds is 7. The van der Waals surface area contributed by atoms with Crippen molar-refractivity contribution in [3.63, 3.8) is 0 Å². The van der Waals surface area contributed by atoms with E-state index in [1.807, 2.05) is 24.3 Å². The van der Waals surface area contributed by atoms with Gasteiger partial charge in [0.25, 0.3) is 0 Å². The summed E-state index contributed by atoms with van der Waals surface area (Å²) in [5.41, 5.74) is 1.19. The third kappa shape index (κ3) is 3.74. The summed E-state index contributed by atoms with van der Waals surface area (Å²) in [5, 5.41) is 10.3. The van der Waals surface area contributed by atoms with Crippen molar-refractivity contribution in [2.75, 3.05) is 20.8 Å². The zero-order chi connectivity index (χ0) is 16.9. The molecule has 130 valence electrons. The summed E-state index contributed by atoms with van der Waals surface area (Å²) in [6.07, 6.45) is 4.01. The van der Waals surface area contributed by atoms with Gasteiger partial charge in [-0.05, 0) is 55.6 Å². The van der Waals surface area contributed by atoms with Crippen LogP contribution in [0.15, 0.2) is 41.0 Å². The average Bonchev–Trinajstić information content (AvgIpc) is 3.27. The Hall–Kier alpha value is -1.98. The molecule has 0 aliphatic carbocycles. The molecule has 24 heavy (non-hydrogen) atoms. The third-order valence-electron chi connectivity index (χ3n) is 4.70. The molecule has 5 heteroatoms. The van der Waals surface area contributed by atoms with Crippen LogP contribution in [0.2, 0.25) is 0 Å². The van der Waals surface area contributed by atoms with E-state index < -0.39 is 6.10 Å². The molecule has 0 saturated carbocycles. The Bertz CT molecular complexity index is 641. The van der Waals surface area contributed by atoms with Crippen LogP contribution in [0, 0.1) is 0 Å². The molecular weight excluding hydrogens is 306 g/mol. The van der Waals surface area contributed by atoms with E-state index in [1.165, 1.54) is 5.56 Å². The quantitative estimate of drug-likeness (QED) is 0.843. The molecule has 1 aromatic heterocycles. The van der Waals surface area contributed by atoms with Crippen LogP contribution < -0.4 is 9.47 Å². The number of aliphatic hydroxyl groups excluding tert-OH is 1. The van der Waals surface area contributed by atoms with E-state index in [4.69, 9.17) is 13.9 Å². The lowest BCUT2D eigenvalue weighted by Gasteiger charge is -2.26. The van der Waals surface area contributed by atoms with Gasteiger partial charge >= 0.3 is 0 Å². The second-order valence-corrected chi connectivity index (χ2v) is 6.22. The van der Waals surface area contributed by atoms with E-state index in [0.29, 0.717) is 18.2 Å². The van der Waals surface area contributed by atoms with Crippen molar-refractivity contribution in [2.45, 2.75) is 38.0 Å². The van der Waals surface area contributed by atoms with Crippen LogP contribution in [0.25, 0.3) is 0 Å². The molecule has 0 spiro atoms. The minimum Gasteiger partial charge on any atom is -0.493 e. The Morgan fingerprint density at radius 3 is 2.79 bits per heavy atom. The molecular formula is C19H25NO4. The molecule has 0 amide bonds. The molecule has 1 N–H and O–H groups in total. The number of furan rings is 1. The van der Waals surface area contributed by atoms with Gasteiger partial charge in [-0.15, -0.1) is 0 Å². The highest BCUT2D eigenvalue weighted by atomic mass is 16.5. The molecule has 2 aromatic rings. The van der Waals surface area contributed by atoms with Crippen LogP contribution in [0.3, 0.4) is 0 Å². The molecule has 2 heterocycles. The largest absolute Gasteiger partial charge is 0.493 e. The van der Waals surface area contributed by atoms with Crippen LogP contribution in [-0.2, 0) is 6.54 Å². The van der Waals surface area contributed by atoms with Gasteiger partial charge in [-0.1, -0.05) is 6.07 Å². The second-order valence-electron chi connectivity index (χ2n) is 6.22. The lowest BCUT2D eigenvalue weighted by atomic mass is 10.0. The SMILES string of the molecule is COc1ccc(CN2CCCC2CC(O)c2ccco2)cc1OC. The molecule has 1 saturated heterocycles. The smallest absolute Gasteiger partial charge is 0.161 e. The minimum absolute atomic E-state index is 0.359. The fraction of sp³-hybridized carbons (Fsp3) is 0.474. The number of methoxy groups -OCH3 is 2. The zero-order valence-corrected chi connectivity index (χ0v) is 14.3. The highest BCUT2D eigenvalue weighted by Crippen LogP contribution is 2.31. The van der Waals surface area contributed by atoms with Crippen LogP contribution >= 0.6 is 0 Å². The van der Waals surface area contributed by atoms with E-state index in [1.54, 1.807) is 20.5 Å². The second kappa shape index (κ2) is 7.73. The van der Waals surface area contributed by atoms with Gasteiger partial charge in [-0.25, -0.2) is 0 Å². The van der Waals surface area contributed by atoms with Crippen molar-refractivity contribution in [1.29, 1.82) is 0 Å². The van der Waals surface area contributed by atoms with Crippen molar-refractivity contribution >= 4 is 0 Å². The molecule has 1 aliphatic rings. The molecule has 2 atom stereocenters. The number of ether oxygens (including phenoxy) is 2. The zero-order valence-electron chi connectivity index (χ0n) is 14.3. The first-order valence-corrected chi connectivity index (χ1v) is 8.37. The molecule has 0 radical (unpaired) electrons. The van der Waals surface area contributed by atoms with Crippen LogP contribution in [0.5, 0.6) is 11.5 Å². The monoisotopic (exact) mass is 331 g/mol. The van der Waals surface area contributed by atoms with Crippen molar-refractivity contribution < 1.29 is 19.0 Å². The van der Waals surface area contributed by atoms with E-state index in [2.05, 4.69) is 11.0 Å². The van der Waals surface area contributed by atoms with Crippen LogP contribution in [0.1, 0.15) is 36.7 Å². The molecule has 1 aliphatic heterocycles. The Labute approximate surface area is 142 Å². The molecule has 1 fully saturated rings. The number of likely N-dealkylation sites (tertiary alicyclic amines) is 1. The number of hydrogen-bond acceptors (Lipinski definition) is 5. The molecule has 0 bridgehead atoms. The van der Waals surface area contributed by atoms with E-state index in [-0.39, 0.29) is 0 Å². The normalized spacial score (nSPS) is 19.4. The van der Waals surface area contributed by atoms with Gasteiger partial charge in [0.1, 0.15) is 11.9 Å². The van der Waals surface area contributed by atoms with Gasteiger partial charge in [0.05, 0.1) is 20.5 Å². The van der Waals surface area contributed by atoms with Gasteiger partial charge < -0.3 is 19.0 Å². The van der Waals surface area contributed by atoms with Gasteiger partial charge in [0.15, 0.2) is 11.5 Å². The summed E-state index contributed by atoms with van der Waals surface area (Å²) < 4.78 is 16.0. The van der Waals surface area contributed by atoms with Crippen LogP contribution in [0.4, 0.5) is 0 Å². The maximum absolute atomic E-state index is 10.3. The van der Waals surface area contributed by atoms with Gasteiger partial charge in [0.2, 0.25) is 0 Å². The molecule has 1 aromatic carbocycles. The van der Waals surface area contributed by atoms with E-state index in [0.717, 1.165) is 37.4 Å². The minimum atomic E-state index is -0.545. The maximum Gasteiger partial charge on any atom is 0.161 e. The number of nitrogens with zero attached hydrogens (tertiary/aromatic N) is 1. The molecule has 5 nitrogen and oxygen atoms in total. The Morgan fingerprint density at radius 2 is 2.08 bits per heavy atom. The topological polar surface area (TPSA) is 55.1 Å². The third-order valence-corrected chi connectivity index (χ3v) is 4.70. The highest BCUT2D eigenvalue weighted by molar-refractivity contribution is 5.42. The first-order valence-electron chi connectivity index (χ1n) is 8.37. The number of hydrogen-bond donors (Lipinski definition) is 1.